The first kappa shape index (κ1) is 19.5. The Bertz CT molecular complexity index is 549. The van der Waals surface area contributed by atoms with Crippen LogP contribution < -0.4 is 10.6 Å². The first-order chi connectivity index (χ1) is 11.2. The van der Waals surface area contributed by atoms with Crippen LogP contribution in [0.25, 0.3) is 0 Å². The van der Waals surface area contributed by atoms with Gasteiger partial charge in [-0.05, 0) is 18.6 Å². The lowest BCUT2D eigenvalue weighted by atomic mass is 10.3. The third kappa shape index (κ3) is 6.71. The first-order valence-corrected chi connectivity index (χ1v) is 7.07. The van der Waals surface area contributed by atoms with Crippen molar-refractivity contribution in [2.45, 2.75) is 12.6 Å². The lowest BCUT2D eigenvalue weighted by molar-refractivity contribution is -0.137. The number of halogens is 3. The fourth-order valence-electron chi connectivity index (χ4n) is 1.69. The average molecular weight is 348 g/mol. The summed E-state index contributed by atoms with van der Waals surface area (Å²) in [7, 11) is 2.65. The van der Waals surface area contributed by atoms with Gasteiger partial charge < -0.3 is 20.3 Å². The number of pyridine rings is 1. The summed E-state index contributed by atoms with van der Waals surface area (Å²) >= 11 is 0. The molecule has 7 nitrogen and oxygen atoms in total. The number of carbonyl (C=O) groups is 2. The van der Waals surface area contributed by atoms with E-state index < -0.39 is 17.8 Å². The van der Waals surface area contributed by atoms with Crippen LogP contribution in [0.5, 0.6) is 0 Å². The number of carbonyl (C=O) groups excluding carboxylic acids is 2. The number of hydrogen-bond donors (Lipinski definition) is 2. The van der Waals surface area contributed by atoms with Gasteiger partial charge in [-0.2, -0.15) is 13.2 Å². The third-order valence-electron chi connectivity index (χ3n) is 2.94. The Morgan fingerprint density at radius 1 is 1.29 bits per heavy atom. The van der Waals surface area contributed by atoms with Gasteiger partial charge in [0.2, 0.25) is 5.91 Å². The fraction of sp³-hybridized carbons (Fsp3) is 0.500. The Hall–Kier alpha value is -2.52. The van der Waals surface area contributed by atoms with Crippen molar-refractivity contribution in [3.63, 3.8) is 0 Å². The quantitative estimate of drug-likeness (QED) is 0.733. The van der Waals surface area contributed by atoms with Crippen LogP contribution >= 0.6 is 0 Å². The van der Waals surface area contributed by atoms with Gasteiger partial charge in [-0.3, -0.25) is 4.79 Å². The fourth-order valence-corrected chi connectivity index (χ4v) is 1.69. The molecule has 0 aliphatic rings. The smallest absolute Gasteiger partial charge is 0.417 e. The second-order valence-corrected chi connectivity index (χ2v) is 4.89. The van der Waals surface area contributed by atoms with E-state index in [1.54, 1.807) is 0 Å². The van der Waals surface area contributed by atoms with Crippen molar-refractivity contribution < 1.29 is 27.5 Å². The second kappa shape index (κ2) is 8.94. The monoisotopic (exact) mass is 348 g/mol. The maximum Gasteiger partial charge on any atom is 0.417 e. The minimum Gasteiger partial charge on any atom is -0.453 e. The normalized spacial score (nSPS) is 10.9. The molecule has 10 heteroatoms. The van der Waals surface area contributed by atoms with Gasteiger partial charge in [-0.15, -0.1) is 0 Å². The Balaban J connectivity index is 2.22. The van der Waals surface area contributed by atoms with E-state index in [0.717, 1.165) is 17.2 Å². The topological polar surface area (TPSA) is 83.6 Å². The van der Waals surface area contributed by atoms with Crippen molar-refractivity contribution in [1.29, 1.82) is 0 Å². The number of ether oxygens (including phenoxy) is 1. The highest BCUT2D eigenvalue weighted by Crippen LogP contribution is 2.28. The number of hydrogen-bond acceptors (Lipinski definition) is 5. The number of likely N-dealkylation sites (N-methyl/N-ethyl adjacent to an activating group) is 1. The van der Waals surface area contributed by atoms with Crippen molar-refractivity contribution in [3.8, 4) is 0 Å². The van der Waals surface area contributed by atoms with Crippen LogP contribution in [0.1, 0.15) is 12.0 Å². The van der Waals surface area contributed by atoms with E-state index in [4.69, 9.17) is 0 Å². The van der Waals surface area contributed by atoms with Crippen molar-refractivity contribution in [3.05, 3.63) is 23.9 Å². The Labute approximate surface area is 137 Å². The third-order valence-corrected chi connectivity index (χ3v) is 2.94. The summed E-state index contributed by atoms with van der Waals surface area (Å²) in [4.78, 5) is 27.4. The highest BCUT2D eigenvalue weighted by atomic mass is 19.4. The summed E-state index contributed by atoms with van der Waals surface area (Å²) in [5.41, 5.74) is -0.810. The molecular formula is C14H19F3N4O3. The Kier molecular flexibility index (Phi) is 7.28. The molecule has 1 rings (SSSR count). The molecule has 0 radical (unpaired) electrons. The molecule has 1 heterocycles. The zero-order valence-electron chi connectivity index (χ0n) is 13.3. The molecule has 0 bridgehead atoms. The predicted octanol–water partition coefficient (Wildman–Crippen LogP) is 1.72. The highest BCUT2D eigenvalue weighted by Gasteiger charge is 2.30. The molecule has 0 aliphatic heterocycles. The zero-order valence-corrected chi connectivity index (χ0v) is 13.3. The molecule has 0 saturated carbocycles. The summed E-state index contributed by atoms with van der Waals surface area (Å²) in [6.07, 6.45) is -3.73. The molecule has 1 aromatic heterocycles. The van der Waals surface area contributed by atoms with Gasteiger partial charge in [0.15, 0.2) is 0 Å². The number of nitrogens with one attached hydrogen (secondary N) is 2. The van der Waals surface area contributed by atoms with Crippen molar-refractivity contribution in [1.82, 2.24) is 15.2 Å². The molecule has 1 aromatic rings. The molecule has 2 amide bonds. The summed E-state index contributed by atoms with van der Waals surface area (Å²) in [6, 6.07) is 2.19. The number of amides is 2. The van der Waals surface area contributed by atoms with Crippen LogP contribution in [-0.4, -0.2) is 55.7 Å². The van der Waals surface area contributed by atoms with Crippen LogP contribution in [0, 0.1) is 0 Å². The van der Waals surface area contributed by atoms with Crippen LogP contribution in [0.3, 0.4) is 0 Å². The van der Waals surface area contributed by atoms with E-state index in [1.807, 2.05) is 0 Å². The van der Waals surface area contributed by atoms with Gasteiger partial charge in [0.25, 0.3) is 0 Å². The number of methoxy groups -OCH3 is 1. The number of nitrogens with zero attached hydrogens (tertiary/aromatic N) is 2. The average Bonchev–Trinajstić information content (AvgIpc) is 2.53. The number of aromatic nitrogens is 1. The summed E-state index contributed by atoms with van der Waals surface area (Å²) in [6.45, 7) is 0.646. The van der Waals surface area contributed by atoms with Gasteiger partial charge in [0.05, 0.1) is 12.7 Å². The van der Waals surface area contributed by atoms with E-state index in [0.29, 0.717) is 25.3 Å². The molecule has 2 N–H and O–H groups in total. The molecule has 24 heavy (non-hydrogen) atoms. The van der Waals surface area contributed by atoms with Crippen LogP contribution in [-0.2, 0) is 15.7 Å². The van der Waals surface area contributed by atoms with Gasteiger partial charge in [0.1, 0.15) is 12.4 Å². The van der Waals surface area contributed by atoms with Crippen LogP contribution in [0.15, 0.2) is 18.3 Å². The van der Waals surface area contributed by atoms with Crippen molar-refractivity contribution >= 4 is 17.8 Å². The van der Waals surface area contributed by atoms with E-state index in [2.05, 4.69) is 20.4 Å². The molecule has 0 aliphatic carbocycles. The van der Waals surface area contributed by atoms with Gasteiger partial charge in [0, 0.05) is 26.3 Å². The first-order valence-electron chi connectivity index (χ1n) is 7.07. The molecule has 0 unspecified atom stereocenters. The maximum absolute atomic E-state index is 12.4. The Morgan fingerprint density at radius 3 is 2.54 bits per heavy atom. The number of anilines is 1. The zero-order chi connectivity index (χ0) is 18.2. The number of alkyl halides is 3. The predicted molar refractivity (Wildman–Crippen MR) is 80.4 cm³/mol. The van der Waals surface area contributed by atoms with Gasteiger partial charge in [-0.1, -0.05) is 0 Å². The molecular weight excluding hydrogens is 329 g/mol. The second-order valence-electron chi connectivity index (χ2n) is 4.89. The molecule has 0 atom stereocenters. The van der Waals surface area contributed by atoms with E-state index in [9.17, 15) is 22.8 Å². The summed E-state index contributed by atoms with van der Waals surface area (Å²) < 4.78 is 41.6. The highest BCUT2D eigenvalue weighted by molar-refractivity contribution is 5.81. The lowest BCUT2D eigenvalue weighted by Gasteiger charge is -2.15. The molecule has 0 saturated heterocycles. The number of rotatable bonds is 7. The van der Waals surface area contributed by atoms with E-state index >= 15 is 0 Å². The van der Waals surface area contributed by atoms with Crippen molar-refractivity contribution in [2.24, 2.45) is 0 Å². The molecule has 0 aromatic carbocycles. The van der Waals surface area contributed by atoms with Gasteiger partial charge >= 0.3 is 12.3 Å². The van der Waals surface area contributed by atoms with E-state index in [-0.39, 0.29) is 12.5 Å². The summed E-state index contributed by atoms with van der Waals surface area (Å²) in [5, 5.41) is 5.46. The largest absolute Gasteiger partial charge is 0.453 e. The van der Waals surface area contributed by atoms with Crippen LogP contribution in [0.2, 0.25) is 0 Å². The van der Waals surface area contributed by atoms with Crippen LogP contribution in [0.4, 0.5) is 23.8 Å². The molecule has 134 valence electrons. The summed E-state index contributed by atoms with van der Waals surface area (Å²) in [5.74, 6) is -0.0182. The van der Waals surface area contributed by atoms with Gasteiger partial charge in [-0.25, -0.2) is 9.78 Å². The van der Waals surface area contributed by atoms with Crippen molar-refractivity contribution in [2.75, 3.05) is 39.1 Å². The maximum atomic E-state index is 12.4. The minimum atomic E-state index is -4.41. The Morgan fingerprint density at radius 2 is 2.00 bits per heavy atom. The molecule has 0 spiro atoms. The van der Waals surface area contributed by atoms with E-state index in [1.165, 1.54) is 20.2 Å². The lowest BCUT2D eigenvalue weighted by Crippen LogP contribution is -2.38. The minimum absolute atomic E-state index is 0.124. The standard InChI is InChI=1S/C14H19F3N4O3/c1-21(13(23)24-2)9-12(22)19-7-3-6-18-11-5-4-10(8-20-11)14(15,16)17/h4-5,8H,3,6-7,9H2,1-2H3,(H,18,20)(H,19,22). The molecule has 0 fully saturated rings. The SMILES string of the molecule is COC(=O)N(C)CC(=O)NCCCNc1ccc(C(F)(F)F)cn1.